The molecule has 0 saturated carbocycles. The van der Waals surface area contributed by atoms with Crippen LogP contribution in [0.4, 0.5) is 11.6 Å². The van der Waals surface area contributed by atoms with Crippen LogP contribution in [0.15, 0.2) is 64.4 Å². The van der Waals surface area contributed by atoms with Crippen LogP contribution in [0.3, 0.4) is 0 Å². The Morgan fingerprint density at radius 2 is 1.77 bits per heavy atom. The van der Waals surface area contributed by atoms with Crippen molar-refractivity contribution in [3.63, 3.8) is 0 Å². The molecule has 31 heavy (non-hydrogen) atoms. The highest BCUT2D eigenvalue weighted by molar-refractivity contribution is 7.90. The molecule has 0 unspecified atom stereocenters. The maximum absolute atomic E-state index is 13.0. The minimum atomic E-state index is -3.35. The summed E-state index contributed by atoms with van der Waals surface area (Å²) in [7, 11) is -1.74. The van der Waals surface area contributed by atoms with Gasteiger partial charge in [-0.1, -0.05) is 41.4 Å². The van der Waals surface area contributed by atoms with Crippen molar-refractivity contribution in [1.82, 2.24) is 14.5 Å². The second-order valence-corrected chi connectivity index (χ2v) is 9.72. The predicted molar refractivity (Wildman–Crippen MR) is 123 cm³/mol. The summed E-state index contributed by atoms with van der Waals surface area (Å²) in [5.74, 6) is 0.224. The van der Waals surface area contributed by atoms with Crippen molar-refractivity contribution in [1.29, 1.82) is 0 Å². The molecule has 0 atom stereocenters. The molecule has 4 rings (SSSR count). The van der Waals surface area contributed by atoms with Crippen LogP contribution in [0.1, 0.15) is 0 Å². The first-order valence-corrected chi connectivity index (χ1v) is 11.7. The molecule has 4 aromatic rings. The van der Waals surface area contributed by atoms with Gasteiger partial charge in [0, 0.05) is 41.7 Å². The molecule has 0 aliphatic rings. The van der Waals surface area contributed by atoms with Crippen LogP contribution in [-0.2, 0) is 16.9 Å². The molecule has 0 saturated heterocycles. The minimum absolute atomic E-state index is 0.175. The van der Waals surface area contributed by atoms with E-state index in [1.165, 1.54) is 16.7 Å². The van der Waals surface area contributed by atoms with Crippen LogP contribution >= 0.6 is 23.2 Å². The molecule has 2 aromatic heterocycles. The Hall–Kier alpha value is -2.94. The summed E-state index contributed by atoms with van der Waals surface area (Å²) in [4.78, 5) is 21.9. The molecule has 0 bridgehead atoms. The molecule has 0 aliphatic heterocycles. The standard InChI is InChI=1S/C21H16Cl2N4O3S/c1-27-19-12(9-16(20(27)28)15-7-4-8-17(22)18(15)23)11-24-21(26-19)25-13-5-3-6-14(10-13)31(2,29)30/h3-11H,1-2H3,(H,24,25,26). The van der Waals surface area contributed by atoms with E-state index < -0.39 is 9.84 Å². The fraction of sp³-hybridized carbons (Fsp3) is 0.0952. The number of halogens is 2. The Morgan fingerprint density at radius 3 is 2.52 bits per heavy atom. The van der Waals surface area contributed by atoms with Crippen LogP contribution in [-0.4, -0.2) is 29.2 Å². The summed E-state index contributed by atoms with van der Waals surface area (Å²) in [5, 5.41) is 4.26. The molecule has 0 radical (unpaired) electrons. The Morgan fingerprint density at radius 1 is 1.03 bits per heavy atom. The fourth-order valence-electron chi connectivity index (χ4n) is 3.15. The number of aryl methyl sites for hydroxylation is 1. The Bertz CT molecular complexity index is 1500. The molecule has 10 heteroatoms. The van der Waals surface area contributed by atoms with E-state index in [2.05, 4.69) is 15.3 Å². The number of hydrogen-bond donors (Lipinski definition) is 1. The van der Waals surface area contributed by atoms with E-state index in [1.807, 2.05) is 0 Å². The average molecular weight is 475 g/mol. The Kier molecular flexibility index (Phi) is 5.47. The zero-order chi connectivity index (χ0) is 22.3. The van der Waals surface area contributed by atoms with E-state index in [9.17, 15) is 13.2 Å². The van der Waals surface area contributed by atoms with Crippen molar-refractivity contribution < 1.29 is 8.42 Å². The maximum atomic E-state index is 13.0. The Balaban J connectivity index is 1.78. The van der Waals surface area contributed by atoms with Crippen LogP contribution in [0.5, 0.6) is 0 Å². The highest BCUT2D eigenvalue weighted by Gasteiger charge is 2.15. The summed E-state index contributed by atoms with van der Waals surface area (Å²) in [5.41, 5.74) is 1.53. The van der Waals surface area contributed by atoms with Gasteiger partial charge in [-0.15, -0.1) is 0 Å². The van der Waals surface area contributed by atoms with E-state index in [-0.39, 0.29) is 16.4 Å². The van der Waals surface area contributed by atoms with Gasteiger partial charge in [0.2, 0.25) is 5.95 Å². The zero-order valence-corrected chi connectivity index (χ0v) is 18.8. The summed E-state index contributed by atoms with van der Waals surface area (Å²) in [6, 6.07) is 13.1. The monoisotopic (exact) mass is 474 g/mol. The molecule has 1 N–H and O–H groups in total. The highest BCUT2D eigenvalue weighted by Crippen LogP contribution is 2.32. The minimum Gasteiger partial charge on any atom is -0.324 e. The molecule has 0 spiro atoms. The number of sulfone groups is 1. The number of benzene rings is 2. The first-order valence-electron chi connectivity index (χ1n) is 9.03. The normalized spacial score (nSPS) is 11.6. The quantitative estimate of drug-likeness (QED) is 0.469. The lowest BCUT2D eigenvalue weighted by Gasteiger charge is -2.12. The van der Waals surface area contributed by atoms with E-state index in [0.717, 1.165) is 6.26 Å². The second kappa shape index (κ2) is 7.96. The number of nitrogens with one attached hydrogen (secondary N) is 1. The first kappa shape index (κ1) is 21.3. The largest absolute Gasteiger partial charge is 0.324 e. The molecule has 2 aromatic carbocycles. The van der Waals surface area contributed by atoms with Crippen molar-refractivity contribution >= 4 is 55.7 Å². The van der Waals surface area contributed by atoms with Crippen molar-refractivity contribution in [2.75, 3.05) is 11.6 Å². The second-order valence-electron chi connectivity index (χ2n) is 6.92. The van der Waals surface area contributed by atoms with Crippen LogP contribution in [0, 0.1) is 0 Å². The number of rotatable bonds is 4. The number of aromatic nitrogens is 3. The lowest BCUT2D eigenvalue weighted by molar-refractivity contribution is 0.602. The highest BCUT2D eigenvalue weighted by atomic mass is 35.5. The number of hydrogen-bond acceptors (Lipinski definition) is 6. The van der Waals surface area contributed by atoms with Gasteiger partial charge in [-0.2, -0.15) is 4.98 Å². The lowest BCUT2D eigenvalue weighted by Crippen LogP contribution is -2.20. The summed E-state index contributed by atoms with van der Waals surface area (Å²) >= 11 is 12.4. The molecule has 0 fully saturated rings. The van der Waals surface area contributed by atoms with E-state index in [4.69, 9.17) is 23.2 Å². The topological polar surface area (TPSA) is 94.0 Å². The Labute approximate surface area is 188 Å². The van der Waals surface area contributed by atoms with Crippen molar-refractivity contribution in [2.45, 2.75) is 4.90 Å². The van der Waals surface area contributed by atoms with Crippen LogP contribution in [0.2, 0.25) is 10.0 Å². The van der Waals surface area contributed by atoms with Gasteiger partial charge < -0.3 is 5.32 Å². The summed E-state index contributed by atoms with van der Waals surface area (Å²) in [6.45, 7) is 0. The number of pyridine rings is 1. The van der Waals surface area contributed by atoms with Gasteiger partial charge in [0.1, 0.15) is 5.65 Å². The van der Waals surface area contributed by atoms with Gasteiger partial charge >= 0.3 is 0 Å². The maximum Gasteiger partial charge on any atom is 0.259 e. The van der Waals surface area contributed by atoms with Crippen LogP contribution < -0.4 is 10.9 Å². The van der Waals surface area contributed by atoms with Gasteiger partial charge in [0.05, 0.1) is 14.9 Å². The van der Waals surface area contributed by atoms with Gasteiger partial charge in [0.15, 0.2) is 9.84 Å². The van der Waals surface area contributed by atoms with Crippen molar-refractivity contribution in [3.8, 4) is 11.1 Å². The lowest BCUT2D eigenvalue weighted by atomic mass is 10.1. The summed E-state index contributed by atoms with van der Waals surface area (Å²) in [6.07, 6.45) is 2.71. The van der Waals surface area contributed by atoms with Crippen molar-refractivity contribution in [3.05, 3.63) is 75.1 Å². The predicted octanol–water partition coefficient (Wildman–Crippen LogP) is 4.45. The van der Waals surface area contributed by atoms with Crippen LogP contribution in [0.25, 0.3) is 22.2 Å². The van der Waals surface area contributed by atoms with Gasteiger partial charge in [-0.3, -0.25) is 9.36 Å². The smallest absolute Gasteiger partial charge is 0.259 e. The van der Waals surface area contributed by atoms with Gasteiger partial charge in [-0.25, -0.2) is 13.4 Å². The molecule has 0 aliphatic carbocycles. The molecular weight excluding hydrogens is 459 g/mol. The van der Waals surface area contributed by atoms with Gasteiger partial charge in [-0.05, 0) is 30.3 Å². The SMILES string of the molecule is Cn1c(=O)c(-c2cccc(Cl)c2Cl)cc2cnc(Nc3cccc(S(C)(=O)=O)c3)nc21. The summed E-state index contributed by atoms with van der Waals surface area (Å²) < 4.78 is 25.0. The third-order valence-corrected chi connectivity index (χ3v) is 6.64. The number of fused-ring (bicyclic) bond motifs is 1. The third-order valence-electron chi connectivity index (χ3n) is 4.71. The van der Waals surface area contributed by atoms with E-state index >= 15 is 0 Å². The number of anilines is 2. The first-order chi connectivity index (χ1) is 14.6. The molecule has 158 valence electrons. The molecule has 0 amide bonds. The molecular formula is C21H16Cl2N4O3S. The number of nitrogens with zero attached hydrogens (tertiary/aromatic N) is 3. The zero-order valence-electron chi connectivity index (χ0n) is 16.4. The molecule has 2 heterocycles. The average Bonchev–Trinajstić information content (AvgIpc) is 2.73. The van der Waals surface area contributed by atoms with E-state index in [1.54, 1.807) is 49.6 Å². The van der Waals surface area contributed by atoms with Gasteiger partial charge in [0.25, 0.3) is 5.56 Å². The molecule has 7 nitrogen and oxygen atoms in total. The van der Waals surface area contributed by atoms with E-state index in [0.29, 0.717) is 37.9 Å². The van der Waals surface area contributed by atoms with Crippen molar-refractivity contribution in [2.24, 2.45) is 7.05 Å². The third kappa shape index (κ3) is 4.14. The fourth-order valence-corrected chi connectivity index (χ4v) is 4.21.